The molecular weight excluding hydrogens is 510 g/mol. The van der Waals surface area contributed by atoms with Gasteiger partial charge in [0.15, 0.2) is 5.78 Å². The molecule has 1 unspecified atom stereocenters. The molecule has 1 atom stereocenters. The van der Waals surface area contributed by atoms with Crippen LogP contribution < -0.4 is 0 Å². The number of hydrogen-bond acceptors (Lipinski definition) is 1. The lowest BCUT2D eigenvalue weighted by atomic mass is 9.78. The first kappa shape index (κ1) is 27.7. The van der Waals surface area contributed by atoms with E-state index in [9.17, 15) is 4.79 Å². The normalized spacial score (nSPS) is 12.4. The zero-order valence-corrected chi connectivity index (χ0v) is 25.0. The smallest absolute Gasteiger partial charge is 0.193 e. The molecule has 0 saturated carbocycles. The number of hydrogen-bond donors (Lipinski definition) is 0. The molecule has 0 bridgehead atoms. The number of aromatic nitrogens is 1. The molecule has 210 valence electrons. The number of carbonyl (C=O) groups is 1. The molecule has 2 heteroatoms. The van der Waals surface area contributed by atoms with Crippen molar-refractivity contribution in [3.63, 3.8) is 0 Å². The van der Waals surface area contributed by atoms with Gasteiger partial charge in [-0.05, 0) is 77.1 Å². The highest BCUT2D eigenvalue weighted by molar-refractivity contribution is 6.11. The first-order valence-electron chi connectivity index (χ1n) is 15.3. The van der Waals surface area contributed by atoms with Crippen LogP contribution in [0.4, 0.5) is 0 Å². The van der Waals surface area contributed by atoms with Crippen LogP contribution in [-0.4, -0.2) is 10.4 Å². The molecule has 2 nitrogen and oxygen atoms in total. The van der Waals surface area contributed by atoms with E-state index in [1.807, 2.05) is 42.5 Å². The third-order valence-corrected chi connectivity index (χ3v) is 8.94. The number of fused-ring (bicyclic) bond motifs is 3. The molecule has 0 aliphatic rings. The molecule has 0 saturated heterocycles. The molecule has 42 heavy (non-hydrogen) atoms. The summed E-state index contributed by atoms with van der Waals surface area (Å²) in [6.45, 7) is 9.14. The summed E-state index contributed by atoms with van der Waals surface area (Å²) >= 11 is 0. The second-order valence-corrected chi connectivity index (χ2v) is 11.8. The maximum absolute atomic E-state index is 13.1. The number of rotatable bonds is 9. The monoisotopic (exact) mass is 549 g/mol. The predicted octanol–water partition coefficient (Wildman–Crippen LogP) is 10.7. The van der Waals surface area contributed by atoms with Crippen LogP contribution in [0.5, 0.6) is 0 Å². The third kappa shape index (κ3) is 5.07. The summed E-state index contributed by atoms with van der Waals surface area (Å²) < 4.78 is 2.35. The van der Waals surface area contributed by atoms with Gasteiger partial charge in [0.2, 0.25) is 0 Å². The van der Waals surface area contributed by atoms with Crippen LogP contribution >= 0.6 is 0 Å². The van der Waals surface area contributed by atoms with E-state index >= 15 is 0 Å². The number of nitrogens with zero attached hydrogens (tertiary/aromatic N) is 1. The maximum Gasteiger partial charge on any atom is 0.193 e. The SMILES string of the molecule is CCC(CC)C(c1ccccc1)c1ccc2c(c1)c1cc(C(C)C)ccc1n2-c1ccc(C(=O)c2ccccc2)cc1. The molecule has 0 fully saturated rings. The second kappa shape index (κ2) is 11.8. The Bertz CT molecular complexity index is 1820. The highest BCUT2D eigenvalue weighted by Gasteiger charge is 2.24. The molecule has 0 radical (unpaired) electrons. The predicted molar refractivity (Wildman–Crippen MR) is 177 cm³/mol. The fourth-order valence-corrected chi connectivity index (χ4v) is 6.56. The Balaban J connectivity index is 1.52. The first-order chi connectivity index (χ1) is 20.5. The van der Waals surface area contributed by atoms with Crippen molar-refractivity contribution in [3.8, 4) is 5.69 Å². The molecule has 0 spiro atoms. The van der Waals surface area contributed by atoms with E-state index in [4.69, 9.17) is 0 Å². The molecule has 0 N–H and O–H groups in total. The van der Waals surface area contributed by atoms with E-state index in [0.717, 1.165) is 18.5 Å². The average molecular weight is 550 g/mol. The Morgan fingerprint density at radius 3 is 1.69 bits per heavy atom. The van der Waals surface area contributed by atoms with Crippen LogP contribution in [0.2, 0.25) is 0 Å². The van der Waals surface area contributed by atoms with Crippen LogP contribution in [0.1, 0.15) is 85.0 Å². The van der Waals surface area contributed by atoms with Gasteiger partial charge in [-0.1, -0.05) is 113 Å². The van der Waals surface area contributed by atoms with E-state index in [0.29, 0.717) is 28.9 Å². The number of ketones is 1. The molecule has 0 amide bonds. The van der Waals surface area contributed by atoms with Crippen molar-refractivity contribution >= 4 is 27.6 Å². The lowest BCUT2D eigenvalue weighted by molar-refractivity contribution is 0.103. The van der Waals surface area contributed by atoms with E-state index in [-0.39, 0.29) is 5.78 Å². The van der Waals surface area contributed by atoms with Crippen LogP contribution in [-0.2, 0) is 0 Å². The lowest BCUT2D eigenvalue weighted by Gasteiger charge is -2.26. The zero-order valence-electron chi connectivity index (χ0n) is 25.0. The van der Waals surface area contributed by atoms with Gasteiger partial charge in [0.25, 0.3) is 0 Å². The Kier molecular flexibility index (Phi) is 7.80. The van der Waals surface area contributed by atoms with Crippen molar-refractivity contribution in [1.82, 2.24) is 4.57 Å². The molecule has 6 aromatic rings. The van der Waals surface area contributed by atoms with Gasteiger partial charge >= 0.3 is 0 Å². The molecule has 6 rings (SSSR count). The van der Waals surface area contributed by atoms with Gasteiger partial charge in [-0.25, -0.2) is 0 Å². The van der Waals surface area contributed by atoms with Crippen LogP contribution in [0.25, 0.3) is 27.5 Å². The first-order valence-corrected chi connectivity index (χ1v) is 15.3. The van der Waals surface area contributed by atoms with E-state index in [1.165, 1.54) is 38.5 Å². The van der Waals surface area contributed by atoms with Crippen LogP contribution in [0.3, 0.4) is 0 Å². The van der Waals surface area contributed by atoms with Gasteiger partial charge in [-0.3, -0.25) is 4.79 Å². The zero-order chi connectivity index (χ0) is 29.2. The minimum Gasteiger partial charge on any atom is -0.309 e. The largest absolute Gasteiger partial charge is 0.309 e. The summed E-state index contributed by atoms with van der Waals surface area (Å²) in [5.74, 6) is 1.41. The standard InChI is InChI=1S/C40H39NO/c1-5-28(6-2)39(29-13-9-7-10-14-29)33-20-24-38-36(26-33)35-25-32(27(3)4)19-23-37(35)41(38)34-21-17-31(18-22-34)40(42)30-15-11-8-12-16-30/h7-28,39H,5-6H2,1-4H3. The van der Waals surface area contributed by atoms with Crippen molar-refractivity contribution in [1.29, 1.82) is 0 Å². The highest BCUT2D eigenvalue weighted by Crippen LogP contribution is 2.40. The summed E-state index contributed by atoms with van der Waals surface area (Å²) in [5.41, 5.74) is 8.95. The van der Waals surface area contributed by atoms with Crippen molar-refractivity contribution < 1.29 is 4.79 Å². The Hall–Kier alpha value is -4.43. The molecule has 0 aliphatic heterocycles. The van der Waals surface area contributed by atoms with Gasteiger partial charge < -0.3 is 4.57 Å². The highest BCUT2D eigenvalue weighted by atomic mass is 16.1. The molecule has 1 heterocycles. The Labute approximate surface area is 249 Å². The van der Waals surface area contributed by atoms with Gasteiger partial charge in [-0.15, -0.1) is 0 Å². The summed E-state index contributed by atoms with van der Waals surface area (Å²) in [7, 11) is 0. The summed E-state index contributed by atoms with van der Waals surface area (Å²) in [6, 6.07) is 42.6. The molecular formula is C40H39NO. The fourth-order valence-electron chi connectivity index (χ4n) is 6.56. The minimum atomic E-state index is 0.0453. The fraction of sp³-hybridized carbons (Fsp3) is 0.225. The number of carbonyl (C=O) groups excluding carboxylic acids is 1. The Morgan fingerprint density at radius 2 is 1.12 bits per heavy atom. The quantitative estimate of drug-likeness (QED) is 0.164. The lowest BCUT2D eigenvalue weighted by Crippen LogP contribution is -2.13. The van der Waals surface area contributed by atoms with Crippen molar-refractivity contribution in [2.75, 3.05) is 0 Å². The van der Waals surface area contributed by atoms with Gasteiger partial charge in [0.1, 0.15) is 0 Å². The minimum absolute atomic E-state index is 0.0453. The molecule has 1 aromatic heterocycles. The van der Waals surface area contributed by atoms with E-state index in [2.05, 4.69) is 111 Å². The molecule has 0 aliphatic carbocycles. The van der Waals surface area contributed by atoms with Gasteiger partial charge in [-0.2, -0.15) is 0 Å². The van der Waals surface area contributed by atoms with Crippen LogP contribution in [0, 0.1) is 5.92 Å². The average Bonchev–Trinajstić information content (AvgIpc) is 3.37. The third-order valence-electron chi connectivity index (χ3n) is 8.94. The van der Waals surface area contributed by atoms with Gasteiger partial charge in [0.05, 0.1) is 11.0 Å². The summed E-state index contributed by atoms with van der Waals surface area (Å²) in [5, 5.41) is 2.56. The Morgan fingerprint density at radius 1 is 0.595 bits per heavy atom. The van der Waals surface area contributed by atoms with Crippen molar-refractivity contribution in [3.05, 3.63) is 149 Å². The topological polar surface area (TPSA) is 22.0 Å². The second-order valence-electron chi connectivity index (χ2n) is 11.8. The van der Waals surface area contributed by atoms with E-state index < -0.39 is 0 Å². The summed E-state index contributed by atoms with van der Waals surface area (Å²) in [4.78, 5) is 13.1. The van der Waals surface area contributed by atoms with Crippen molar-refractivity contribution in [2.24, 2.45) is 5.92 Å². The summed E-state index contributed by atoms with van der Waals surface area (Å²) in [6.07, 6.45) is 2.28. The van der Waals surface area contributed by atoms with Crippen molar-refractivity contribution in [2.45, 2.75) is 52.4 Å². The maximum atomic E-state index is 13.1. The molecule has 5 aromatic carbocycles. The van der Waals surface area contributed by atoms with Crippen LogP contribution in [0.15, 0.2) is 121 Å². The van der Waals surface area contributed by atoms with E-state index in [1.54, 1.807) is 0 Å². The number of benzene rings is 5. The van der Waals surface area contributed by atoms with Gasteiger partial charge in [0, 0.05) is 33.5 Å².